The first-order valence-electron chi connectivity index (χ1n) is 8.16. The summed E-state index contributed by atoms with van der Waals surface area (Å²) in [6, 6.07) is 20.8. The van der Waals surface area contributed by atoms with E-state index in [-0.39, 0.29) is 5.91 Å². The lowest BCUT2D eigenvalue weighted by atomic mass is 10.0. The Bertz CT molecular complexity index is 581. The Kier molecular flexibility index (Phi) is 6.82. The summed E-state index contributed by atoms with van der Waals surface area (Å²) < 4.78 is 0. The standard InChI is InChI=1S/C20H26N2O/c1-22(2)19(15-18-11-7-4-8-12-18)16-21-20(23)14-13-17-9-5-3-6-10-17/h3-12,19H,13-16H2,1-2H3,(H,21,23). The molecule has 2 aromatic rings. The maximum absolute atomic E-state index is 12.1. The van der Waals surface area contributed by atoms with Crippen molar-refractivity contribution in [1.29, 1.82) is 0 Å². The maximum Gasteiger partial charge on any atom is 0.220 e. The number of likely N-dealkylation sites (N-methyl/N-ethyl adjacent to an activating group) is 1. The van der Waals surface area contributed by atoms with Gasteiger partial charge in [-0.3, -0.25) is 4.79 Å². The summed E-state index contributed by atoms with van der Waals surface area (Å²) in [6.45, 7) is 0.676. The number of carbonyl (C=O) groups excluding carboxylic acids is 1. The van der Waals surface area contributed by atoms with Gasteiger partial charge < -0.3 is 10.2 Å². The van der Waals surface area contributed by atoms with Crippen molar-refractivity contribution < 1.29 is 4.79 Å². The summed E-state index contributed by atoms with van der Waals surface area (Å²) in [5.41, 5.74) is 2.50. The molecule has 122 valence electrons. The molecule has 0 saturated heterocycles. The highest BCUT2D eigenvalue weighted by atomic mass is 16.1. The second kappa shape index (κ2) is 9.11. The highest BCUT2D eigenvalue weighted by Crippen LogP contribution is 2.07. The molecule has 0 radical (unpaired) electrons. The molecule has 3 heteroatoms. The molecule has 23 heavy (non-hydrogen) atoms. The van der Waals surface area contributed by atoms with Crippen LogP contribution in [0.2, 0.25) is 0 Å². The molecule has 0 spiro atoms. The van der Waals surface area contributed by atoms with Crippen LogP contribution in [0.25, 0.3) is 0 Å². The first kappa shape index (κ1) is 17.2. The number of aryl methyl sites for hydroxylation is 1. The largest absolute Gasteiger partial charge is 0.355 e. The molecule has 0 saturated carbocycles. The molecule has 0 aliphatic rings. The van der Waals surface area contributed by atoms with Gasteiger partial charge in [-0.2, -0.15) is 0 Å². The first-order chi connectivity index (χ1) is 11.1. The quantitative estimate of drug-likeness (QED) is 0.813. The molecule has 0 aromatic heterocycles. The monoisotopic (exact) mass is 310 g/mol. The minimum absolute atomic E-state index is 0.119. The summed E-state index contributed by atoms with van der Waals surface area (Å²) in [5.74, 6) is 0.119. The van der Waals surface area contributed by atoms with E-state index >= 15 is 0 Å². The van der Waals surface area contributed by atoms with Crippen LogP contribution < -0.4 is 5.32 Å². The van der Waals surface area contributed by atoms with Crippen molar-refractivity contribution in [3.8, 4) is 0 Å². The molecule has 0 bridgehead atoms. The number of rotatable bonds is 8. The van der Waals surface area contributed by atoms with Crippen molar-refractivity contribution in [1.82, 2.24) is 10.2 Å². The lowest BCUT2D eigenvalue weighted by Crippen LogP contribution is -2.41. The van der Waals surface area contributed by atoms with Crippen LogP contribution in [0.1, 0.15) is 17.5 Å². The van der Waals surface area contributed by atoms with Crippen molar-refractivity contribution in [2.24, 2.45) is 0 Å². The molecular formula is C20H26N2O. The third-order valence-corrected chi connectivity index (χ3v) is 4.06. The van der Waals surface area contributed by atoms with Crippen molar-refractivity contribution >= 4 is 5.91 Å². The van der Waals surface area contributed by atoms with Crippen LogP contribution in [-0.4, -0.2) is 37.5 Å². The number of hydrogen-bond acceptors (Lipinski definition) is 2. The summed E-state index contributed by atoms with van der Waals surface area (Å²) in [5, 5.41) is 3.07. The minimum atomic E-state index is 0.119. The molecule has 1 amide bonds. The van der Waals surface area contributed by atoms with Crippen LogP contribution in [0, 0.1) is 0 Å². The van der Waals surface area contributed by atoms with Gasteiger partial charge in [-0.25, -0.2) is 0 Å². The lowest BCUT2D eigenvalue weighted by Gasteiger charge is -2.24. The van der Waals surface area contributed by atoms with Gasteiger partial charge in [-0.1, -0.05) is 60.7 Å². The zero-order valence-electron chi connectivity index (χ0n) is 14.0. The van der Waals surface area contributed by atoms with Crippen LogP contribution in [0.5, 0.6) is 0 Å². The van der Waals surface area contributed by atoms with E-state index in [1.807, 2.05) is 24.3 Å². The van der Waals surface area contributed by atoms with E-state index in [1.54, 1.807) is 0 Å². The van der Waals surface area contributed by atoms with Crippen molar-refractivity contribution in [3.63, 3.8) is 0 Å². The van der Waals surface area contributed by atoms with E-state index in [1.165, 1.54) is 11.1 Å². The van der Waals surface area contributed by atoms with Gasteiger partial charge >= 0.3 is 0 Å². The minimum Gasteiger partial charge on any atom is -0.355 e. The summed E-state index contributed by atoms with van der Waals surface area (Å²) in [6.07, 6.45) is 2.26. The summed E-state index contributed by atoms with van der Waals surface area (Å²) in [7, 11) is 4.12. The second-order valence-electron chi connectivity index (χ2n) is 6.10. The SMILES string of the molecule is CN(C)C(CNC(=O)CCc1ccccc1)Cc1ccccc1. The smallest absolute Gasteiger partial charge is 0.220 e. The fraction of sp³-hybridized carbons (Fsp3) is 0.350. The zero-order valence-corrected chi connectivity index (χ0v) is 14.0. The molecule has 1 atom stereocenters. The predicted molar refractivity (Wildman–Crippen MR) is 95.4 cm³/mol. The van der Waals surface area contributed by atoms with Gasteiger partial charge in [0.2, 0.25) is 5.91 Å². The Hall–Kier alpha value is -2.13. The van der Waals surface area contributed by atoms with E-state index < -0.39 is 0 Å². The molecule has 2 aromatic carbocycles. The molecule has 3 nitrogen and oxygen atoms in total. The van der Waals surface area contributed by atoms with Gasteiger partial charge in [0.25, 0.3) is 0 Å². The van der Waals surface area contributed by atoms with Crippen LogP contribution in [0.4, 0.5) is 0 Å². The molecule has 0 heterocycles. The van der Waals surface area contributed by atoms with E-state index in [2.05, 4.69) is 60.7 Å². The number of hydrogen-bond donors (Lipinski definition) is 1. The van der Waals surface area contributed by atoms with Crippen molar-refractivity contribution in [2.45, 2.75) is 25.3 Å². The second-order valence-corrected chi connectivity index (χ2v) is 6.10. The third kappa shape index (κ3) is 6.25. The van der Waals surface area contributed by atoms with E-state index in [9.17, 15) is 4.79 Å². The van der Waals surface area contributed by atoms with Gasteiger partial charge in [-0.05, 0) is 38.1 Å². The number of amides is 1. The highest BCUT2D eigenvalue weighted by molar-refractivity contribution is 5.76. The van der Waals surface area contributed by atoms with Crippen LogP contribution >= 0.6 is 0 Å². The molecule has 0 aliphatic heterocycles. The molecule has 0 fully saturated rings. The summed E-state index contributed by atoms with van der Waals surface area (Å²) in [4.78, 5) is 14.2. The van der Waals surface area contributed by atoms with Crippen LogP contribution in [-0.2, 0) is 17.6 Å². The molecule has 2 rings (SSSR count). The zero-order chi connectivity index (χ0) is 16.5. The highest BCUT2D eigenvalue weighted by Gasteiger charge is 2.13. The molecule has 1 N–H and O–H groups in total. The topological polar surface area (TPSA) is 32.3 Å². The van der Waals surface area contributed by atoms with E-state index in [0.717, 1.165) is 12.8 Å². The Morgan fingerprint density at radius 3 is 2.09 bits per heavy atom. The fourth-order valence-corrected chi connectivity index (χ4v) is 2.55. The number of benzene rings is 2. The Morgan fingerprint density at radius 2 is 1.52 bits per heavy atom. The Morgan fingerprint density at radius 1 is 0.957 bits per heavy atom. The van der Waals surface area contributed by atoms with Crippen LogP contribution in [0.3, 0.4) is 0 Å². The number of nitrogens with one attached hydrogen (secondary N) is 1. The molecule has 1 unspecified atom stereocenters. The normalized spacial score (nSPS) is 12.1. The number of nitrogens with zero attached hydrogens (tertiary/aromatic N) is 1. The van der Waals surface area contributed by atoms with Crippen LogP contribution in [0.15, 0.2) is 60.7 Å². The van der Waals surface area contributed by atoms with Crippen molar-refractivity contribution in [2.75, 3.05) is 20.6 Å². The van der Waals surface area contributed by atoms with E-state index in [4.69, 9.17) is 0 Å². The Labute approximate surface area is 139 Å². The Balaban J connectivity index is 1.78. The van der Waals surface area contributed by atoms with Gasteiger partial charge in [0.1, 0.15) is 0 Å². The molecular weight excluding hydrogens is 284 g/mol. The predicted octanol–water partition coefficient (Wildman–Crippen LogP) is 2.91. The number of carbonyl (C=O) groups is 1. The maximum atomic E-state index is 12.1. The summed E-state index contributed by atoms with van der Waals surface area (Å²) >= 11 is 0. The van der Waals surface area contributed by atoms with Gasteiger partial charge in [0, 0.05) is 19.0 Å². The fourth-order valence-electron chi connectivity index (χ4n) is 2.55. The average molecular weight is 310 g/mol. The first-order valence-corrected chi connectivity index (χ1v) is 8.16. The van der Waals surface area contributed by atoms with Gasteiger partial charge in [0.05, 0.1) is 0 Å². The van der Waals surface area contributed by atoms with Crippen molar-refractivity contribution in [3.05, 3.63) is 71.8 Å². The molecule has 0 aliphatic carbocycles. The average Bonchev–Trinajstić information content (AvgIpc) is 2.58. The third-order valence-electron chi connectivity index (χ3n) is 4.06. The lowest BCUT2D eigenvalue weighted by molar-refractivity contribution is -0.121. The van der Waals surface area contributed by atoms with E-state index in [0.29, 0.717) is 19.0 Å². The van der Waals surface area contributed by atoms with Gasteiger partial charge in [0.15, 0.2) is 0 Å². The van der Waals surface area contributed by atoms with Gasteiger partial charge in [-0.15, -0.1) is 0 Å².